The summed E-state index contributed by atoms with van der Waals surface area (Å²) in [6, 6.07) is 0. The topological polar surface area (TPSA) is 77.5 Å². The van der Waals surface area contributed by atoms with Gasteiger partial charge in [0, 0.05) is 18.8 Å². The van der Waals surface area contributed by atoms with Crippen molar-refractivity contribution in [3.8, 4) is 0 Å². The summed E-state index contributed by atoms with van der Waals surface area (Å²) in [5.41, 5.74) is 0. The Morgan fingerprint density at radius 1 is 0.938 bits per heavy atom. The van der Waals surface area contributed by atoms with Crippen molar-refractivity contribution in [3.05, 3.63) is 0 Å². The predicted octanol–water partition coefficient (Wildman–Crippen LogP) is 0.405. The van der Waals surface area contributed by atoms with Gasteiger partial charge in [-0.3, -0.25) is 19.2 Å². The second kappa shape index (κ2) is 4.15. The van der Waals surface area contributed by atoms with Crippen LogP contribution in [-0.2, 0) is 23.9 Å². The van der Waals surface area contributed by atoms with Crippen LogP contribution >= 0.6 is 0 Å². The molecule has 0 N–H and O–H groups in total. The fourth-order valence-electron chi connectivity index (χ4n) is 2.31. The zero-order valence-corrected chi connectivity index (χ0v) is 8.73. The highest BCUT2D eigenvalue weighted by Crippen LogP contribution is 2.31. The van der Waals surface area contributed by atoms with Gasteiger partial charge in [0.25, 0.3) is 0 Å². The van der Waals surface area contributed by atoms with Crippen LogP contribution in [0.1, 0.15) is 32.1 Å². The van der Waals surface area contributed by atoms with Gasteiger partial charge in [0.2, 0.25) is 0 Å². The Labute approximate surface area is 92.1 Å². The fraction of sp³-hybridized carbons (Fsp3) is 0.636. The molecule has 5 heteroatoms. The van der Waals surface area contributed by atoms with Crippen molar-refractivity contribution in [1.29, 1.82) is 0 Å². The van der Waals surface area contributed by atoms with Crippen molar-refractivity contribution in [2.45, 2.75) is 32.1 Å². The zero-order valence-electron chi connectivity index (χ0n) is 8.73. The molecule has 0 bridgehead atoms. The van der Waals surface area contributed by atoms with Crippen molar-refractivity contribution in [2.75, 3.05) is 0 Å². The molecule has 0 aromatic heterocycles. The molecular formula is C11H12O5. The number of rotatable bonds is 1. The second-order valence-electron chi connectivity index (χ2n) is 4.27. The summed E-state index contributed by atoms with van der Waals surface area (Å²) in [6.45, 7) is 0. The number of hydrogen-bond donors (Lipinski definition) is 0. The molecule has 5 nitrogen and oxygen atoms in total. The Hall–Kier alpha value is -1.52. The van der Waals surface area contributed by atoms with E-state index < -0.39 is 23.8 Å². The lowest BCUT2D eigenvalue weighted by atomic mass is 9.76. The van der Waals surface area contributed by atoms with E-state index in [1.54, 1.807) is 0 Å². The van der Waals surface area contributed by atoms with Crippen LogP contribution in [0.4, 0.5) is 0 Å². The molecule has 1 aliphatic heterocycles. The minimum atomic E-state index is -0.607. The summed E-state index contributed by atoms with van der Waals surface area (Å²) >= 11 is 0. The van der Waals surface area contributed by atoms with Crippen LogP contribution in [-0.4, -0.2) is 23.5 Å². The van der Waals surface area contributed by atoms with E-state index in [0.717, 1.165) is 0 Å². The van der Waals surface area contributed by atoms with Crippen molar-refractivity contribution < 1.29 is 23.9 Å². The van der Waals surface area contributed by atoms with Gasteiger partial charge in [0.1, 0.15) is 11.6 Å². The van der Waals surface area contributed by atoms with Gasteiger partial charge in [-0.2, -0.15) is 0 Å². The molecule has 16 heavy (non-hydrogen) atoms. The normalized spacial score (nSPS) is 31.5. The van der Waals surface area contributed by atoms with E-state index in [4.69, 9.17) is 0 Å². The molecule has 2 rings (SSSR count). The molecular weight excluding hydrogens is 212 g/mol. The number of ether oxygens (including phenoxy) is 1. The number of carbonyl (C=O) groups excluding carboxylic acids is 4. The summed E-state index contributed by atoms with van der Waals surface area (Å²) in [5, 5.41) is 0. The third-order valence-corrected chi connectivity index (χ3v) is 3.18. The van der Waals surface area contributed by atoms with Crippen LogP contribution in [0.25, 0.3) is 0 Å². The number of carbonyl (C=O) groups is 4. The second-order valence-corrected chi connectivity index (χ2v) is 4.27. The van der Waals surface area contributed by atoms with Gasteiger partial charge in [0.15, 0.2) is 0 Å². The minimum absolute atomic E-state index is 0.0681. The molecule has 0 spiro atoms. The molecule has 1 aliphatic carbocycles. The quantitative estimate of drug-likeness (QED) is 0.476. The lowest BCUT2D eigenvalue weighted by Gasteiger charge is -2.28. The van der Waals surface area contributed by atoms with Gasteiger partial charge in [-0.05, 0) is 12.8 Å². The van der Waals surface area contributed by atoms with Gasteiger partial charge in [-0.1, -0.05) is 0 Å². The van der Waals surface area contributed by atoms with E-state index in [-0.39, 0.29) is 24.4 Å². The molecule has 1 saturated carbocycles. The first-order chi connectivity index (χ1) is 7.58. The van der Waals surface area contributed by atoms with E-state index in [1.807, 2.05) is 0 Å². The number of Topliss-reactive ketones (excluding diaryl/α,β-unsaturated/α-hetero) is 2. The molecule has 2 aliphatic rings. The van der Waals surface area contributed by atoms with Gasteiger partial charge in [0.05, 0.1) is 12.3 Å². The van der Waals surface area contributed by atoms with Gasteiger partial charge in [-0.25, -0.2) is 0 Å². The van der Waals surface area contributed by atoms with E-state index in [0.29, 0.717) is 19.3 Å². The van der Waals surface area contributed by atoms with E-state index in [9.17, 15) is 19.2 Å². The molecule has 0 radical (unpaired) electrons. The van der Waals surface area contributed by atoms with Gasteiger partial charge >= 0.3 is 11.9 Å². The highest BCUT2D eigenvalue weighted by molar-refractivity contribution is 6.04. The average Bonchev–Trinajstić information content (AvgIpc) is 2.19. The maximum absolute atomic E-state index is 11.6. The summed E-state index contributed by atoms with van der Waals surface area (Å²) < 4.78 is 4.51. The molecule has 0 amide bonds. The molecule has 2 unspecified atom stereocenters. The smallest absolute Gasteiger partial charge is 0.317 e. The van der Waals surface area contributed by atoms with Crippen LogP contribution < -0.4 is 0 Å². The lowest BCUT2D eigenvalue weighted by Crippen LogP contribution is -2.39. The van der Waals surface area contributed by atoms with Crippen molar-refractivity contribution in [1.82, 2.24) is 0 Å². The number of cyclic esters (lactones) is 2. The number of hydrogen-bond acceptors (Lipinski definition) is 5. The molecule has 2 fully saturated rings. The number of ketones is 2. The van der Waals surface area contributed by atoms with Crippen LogP contribution in [0.5, 0.6) is 0 Å². The lowest BCUT2D eigenvalue weighted by molar-refractivity contribution is -0.171. The highest BCUT2D eigenvalue weighted by Gasteiger charge is 2.41. The summed E-state index contributed by atoms with van der Waals surface area (Å²) in [4.78, 5) is 45.0. The number of esters is 2. The van der Waals surface area contributed by atoms with Crippen LogP contribution in [0, 0.1) is 11.8 Å². The van der Waals surface area contributed by atoms with Gasteiger partial charge < -0.3 is 4.74 Å². The Kier molecular flexibility index (Phi) is 2.85. The van der Waals surface area contributed by atoms with Gasteiger partial charge in [-0.15, -0.1) is 0 Å². The summed E-state index contributed by atoms with van der Waals surface area (Å²) in [5.74, 6) is -2.35. The highest BCUT2D eigenvalue weighted by atomic mass is 16.6. The first-order valence-electron chi connectivity index (χ1n) is 5.37. The first kappa shape index (κ1) is 11.0. The Morgan fingerprint density at radius 3 is 2.25 bits per heavy atom. The van der Waals surface area contributed by atoms with E-state index >= 15 is 0 Å². The molecule has 0 aromatic rings. The standard InChI is InChI=1S/C11H12O5/c12-6-1-2-7(9(13)5-6)8-3-4-10(14)16-11(8)15/h7-8H,1-5H2. The fourth-order valence-corrected chi connectivity index (χ4v) is 2.31. The van der Waals surface area contributed by atoms with E-state index in [2.05, 4.69) is 4.74 Å². The van der Waals surface area contributed by atoms with Crippen molar-refractivity contribution >= 4 is 23.5 Å². The largest absolute Gasteiger partial charge is 0.393 e. The molecule has 2 atom stereocenters. The minimum Gasteiger partial charge on any atom is -0.393 e. The molecule has 86 valence electrons. The Bertz CT molecular complexity index is 335. The maximum atomic E-state index is 11.6. The monoisotopic (exact) mass is 224 g/mol. The third-order valence-electron chi connectivity index (χ3n) is 3.18. The zero-order chi connectivity index (χ0) is 11.7. The predicted molar refractivity (Wildman–Crippen MR) is 51.2 cm³/mol. The van der Waals surface area contributed by atoms with Crippen molar-refractivity contribution in [3.63, 3.8) is 0 Å². The average molecular weight is 224 g/mol. The molecule has 1 saturated heterocycles. The Balaban J connectivity index is 2.07. The molecule has 0 aromatic carbocycles. The maximum Gasteiger partial charge on any atom is 0.317 e. The van der Waals surface area contributed by atoms with E-state index in [1.165, 1.54) is 0 Å². The summed E-state index contributed by atoms with van der Waals surface area (Å²) in [7, 11) is 0. The SMILES string of the molecule is O=C1CCC(C2CCC(=O)OC2=O)C(=O)C1. The van der Waals surface area contributed by atoms with Crippen LogP contribution in [0.3, 0.4) is 0 Å². The Morgan fingerprint density at radius 2 is 1.62 bits per heavy atom. The third kappa shape index (κ3) is 2.03. The first-order valence-corrected chi connectivity index (χ1v) is 5.37. The van der Waals surface area contributed by atoms with Crippen LogP contribution in [0.15, 0.2) is 0 Å². The molecule has 1 heterocycles. The summed E-state index contributed by atoms with van der Waals surface area (Å²) in [6.07, 6.45) is 1.21. The van der Waals surface area contributed by atoms with Crippen LogP contribution in [0.2, 0.25) is 0 Å². The van der Waals surface area contributed by atoms with Crippen molar-refractivity contribution in [2.24, 2.45) is 11.8 Å².